The summed E-state index contributed by atoms with van der Waals surface area (Å²) in [5, 5.41) is -0.349. The van der Waals surface area contributed by atoms with Crippen LogP contribution < -0.4 is 5.73 Å². The fourth-order valence-electron chi connectivity index (χ4n) is 2.48. The van der Waals surface area contributed by atoms with Gasteiger partial charge in [0, 0.05) is 5.41 Å². The number of carbonyl (C=O) groups excluding carboxylic acids is 3. The van der Waals surface area contributed by atoms with Crippen molar-refractivity contribution in [3.8, 4) is 0 Å². The molecule has 90 valence electrons. The number of allylic oxidation sites excluding steroid dienone is 3. The van der Waals surface area contributed by atoms with Crippen LogP contribution in [0.5, 0.6) is 0 Å². The molecule has 2 N–H and O–H groups in total. The molecule has 0 spiro atoms. The molecule has 5 heteroatoms. The van der Waals surface area contributed by atoms with Gasteiger partial charge in [0.05, 0.1) is 5.92 Å². The summed E-state index contributed by atoms with van der Waals surface area (Å²) in [6, 6.07) is 0. The minimum atomic E-state index is -0.806. The van der Waals surface area contributed by atoms with Gasteiger partial charge in [-0.1, -0.05) is 30.7 Å². The first-order valence-corrected chi connectivity index (χ1v) is 6.11. The van der Waals surface area contributed by atoms with Crippen molar-refractivity contribution in [2.45, 2.75) is 13.8 Å². The van der Waals surface area contributed by atoms with Crippen LogP contribution in [0.15, 0.2) is 23.8 Å². The molecule has 1 fully saturated rings. The average molecular weight is 251 g/mol. The minimum Gasteiger partial charge on any atom is -0.369 e. The van der Waals surface area contributed by atoms with Gasteiger partial charge in [-0.15, -0.1) is 0 Å². The Morgan fingerprint density at radius 2 is 2.00 bits per heavy atom. The second kappa shape index (κ2) is 3.84. The van der Waals surface area contributed by atoms with Gasteiger partial charge in [-0.05, 0) is 18.7 Å². The number of amides is 1. The van der Waals surface area contributed by atoms with Crippen LogP contribution in [0.1, 0.15) is 13.8 Å². The van der Waals surface area contributed by atoms with Crippen molar-refractivity contribution in [1.82, 2.24) is 0 Å². The summed E-state index contributed by atoms with van der Waals surface area (Å²) in [5.41, 5.74) is 5.40. The Morgan fingerprint density at radius 1 is 1.41 bits per heavy atom. The van der Waals surface area contributed by atoms with Crippen molar-refractivity contribution in [2.75, 3.05) is 0 Å². The first-order valence-electron chi connectivity index (χ1n) is 5.29. The van der Waals surface area contributed by atoms with E-state index in [9.17, 15) is 14.4 Å². The maximum Gasteiger partial charge on any atom is 0.225 e. The number of primary amides is 1. The molecule has 2 atom stereocenters. The Bertz CT molecular complexity index is 451. The molecule has 2 aliphatic rings. The van der Waals surface area contributed by atoms with Gasteiger partial charge in [0.15, 0.2) is 0 Å². The topological polar surface area (TPSA) is 77.2 Å². The molecule has 1 saturated heterocycles. The first kappa shape index (κ1) is 12.1. The molecule has 4 nitrogen and oxygen atoms in total. The number of hydrogen-bond acceptors (Lipinski definition) is 4. The highest BCUT2D eigenvalue weighted by molar-refractivity contribution is 8.29. The summed E-state index contributed by atoms with van der Waals surface area (Å²) in [5.74, 6) is -1.86. The van der Waals surface area contributed by atoms with E-state index >= 15 is 0 Å². The lowest BCUT2D eigenvalue weighted by atomic mass is 9.62. The monoisotopic (exact) mass is 251 g/mol. The van der Waals surface area contributed by atoms with Gasteiger partial charge >= 0.3 is 0 Å². The molecular weight excluding hydrogens is 238 g/mol. The lowest BCUT2D eigenvalue weighted by Crippen LogP contribution is -2.52. The lowest BCUT2D eigenvalue weighted by Gasteiger charge is -2.44. The van der Waals surface area contributed by atoms with E-state index in [0.717, 1.165) is 17.3 Å². The Hall–Kier alpha value is -1.36. The maximum absolute atomic E-state index is 11.6. The van der Waals surface area contributed by atoms with Crippen molar-refractivity contribution < 1.29 is 14.4 Å². The highest BCUT2D eigenvalue weighted by atomic mass is 32.2. The number of hydrogen-bond donors (Lipinski definition) is 1. The van der Waals surface area contributed by atoms with Crippen LogP contribution in [0.3, 0.4) is 0 Å². The third-order valence-electron chi connectivity index (χ3n) is 3.72. The summed E-state index contributed by atoms with van der Waals surface area (Å²) >= 11 is 0.718. The number of carbonyl (C=O) groups is 3. The molecule has 1 aliphatic carbocycles. The van der Waals surface area contributed by atoms with E-state index in [1.54, 1.807) is 19.1 Å². The molecule has 2 rings (SSSR count). The minimum absolute atomic E-state index is 0.174. The number of thioether (sulfide) groups is 1. The third kappa shape index (κ3) is 1.57. The van der Waals surface area contributed by atoms with E-state index in [2.05, 4.69) is 0 Å². The zero-order chi connectivity index (χ0) is 12.8. The largest absolute Gasteiger partial charge is 0.369 e. The number of rotatable bonds is 2. The van der Waals surface area contributed by atoms with Crippen LogP contribution in [0.2, 0.25) is 0 Å². The average Bonchev–Trinajstić information content (AvgIpc) is 2.21. The zero-order valence-corrected chi connectivity index (χ0v) is 10.4. The fourth-order valence-corrected chi connectivity index (χ4v) is 3.43. The summed E-state index contributed by atoms with van der Waals surface area (Å²) in [7, 11) is 0. The summed E-state index contributed by atoms with van der Waals surface area (Å²) in [4.78, 5) is 34.7. The van der Waals surface area contributed by atoms with Crippen LogP contribution in [-0.4, -0.2) is 16.1 Å². The van der Waals surface area contributed by atoms with Gasteiger partial charge in [0.1, 0.15) is 5.92 Å². The van der Waals surface area contributed by atoms with E-state index in [-0.39, 0.29) is 10.2 Å². The van der Waals surface area contributed by atoms with E-state index in [0.29, 0.717) is 0 Å². The van der Waals surface area contributed by atoms with Crippen molar-refractivity contribution in [1.29, 1.82) is 0 Å². The van der Waals surface area contributed by atoms with Crippen LogP contribution in [0.25, 0.3) is 0 Å². The molecule has 0 bridgehead atoms. The predicted octanol–water partition coefficient (Wildman–Crippen LogP) is 1.03. The molecule has 0 aromatic rings. The summed E-state index contributed by atoms with van der Waals surface area (Å²) < 4.78 is 0. The molecule has 0 aromatic heterocycles. The molecule has 0 aromatic carbocycles. The van der Waals surface area contributed by atoms with E-state index in [1.807, 2.05) is 13.0 Å². The lowest BCUT2D eigenvalue weighted by molar-refractivity contribution is -0.134. The smallest absolute Gasteiger partial charge is 0.225 e. The fraction of sp³-hybridized carbons (Fsp3) is 0.417. The van der Waals surface area contributed by atoms with E-state index in [1.165, 1.54) is 0 Å². The molecule has 1 amide bonds. The van der Waals surface area contributed by atoms with E-state index in [4.69, 9.17) is 5.73 Å². The van der Waals surface area contributed by atoms with E-state index < -0.39 is 23.2 Å². The van der Waals surface area contributed by atoms with Crippen LogP contribution in [0, 0.1) is 17.3 Å². The molecule has 0 saturated carbocycles. The van der Waals surface area contributed by atoms with Crippen molar-refractivity contribution >= 4 is 27.9 Å². The van der Waals surface area contributed by atoms with Gasteiger partial charge in [-0.2, -0.15) is 0 Å². The van der Waals surface area contributed by atoms with Crippen LogP contribution in [-0.2, 0) is 14.4 Å². The molecular formula is C12H13NO3S. The summed E-state index contributed by atoms with van der Waals surface area (Å²) in [6.45, 7) is 3.58. The molecule has 1 heterocycles. The molecule has 17 heavy (non-hydrogen) atoms. The molecule has 1 aliphatic heterocycles. The SMILES string of the molecule is CC1=CC=CC(C(N)=O)C1(C)C1C(=O)SC1=O. The predicted molar refractivity (Wildman–Crippen MR) is 64.8 cm³/mol. The zero-order valence-electron chi connectivity index (χ0n) is 9.60. The number of nitrogens with two attached hydrogens (primary N) is 1. The van der Waals surface area contributed by atoms with Gasteiger partial charge < -0.3 is 5.73 Å². The Kier molecular flexibility index (Phi) is 2.73. The first-order chi connectivity index (χ1) is 7.89. The van der Waals surface area contributed by atoms with Crippen LogP contribution in [0.4, 0.5) is 0 Å². The standard InChI is InChI=1S/C12H13NO3S/c1-6-4-3-5-7(9(13)14)12(6,2)8-10(15)17-11(8)16/h3-5,7-8H,1-2H3,(H2,13,14). The highest BCUT2D eigenvalue weighted by Gasteiger charge is 2.57. The Labute approximate surface area is 103 Å². The highest BCUT2D eigenvalue weighted by Crippen LogP contribution is 2.52. The summed E-state index contributed by atoms with van der Waals surface area (Å²) in [6.07, 6.45) is 5.23. The third-order valence-corrected chi connectivity index (χ3v) is 4.60. The Morgan fingerprint density at radius 3 is 2.47 bits per heavy atom. The van der Waals surface area contributed by atoms with Gasteiger partial charge in [-0.3, -0.25) is 14.4 Å². The van der Waals surface area contributed by atoms with Gasteiger partial charge in [0.25, 0.3) is 0 Å². The maximum atomic E-state index is 11.6. The molecule has 2 unspecified atom stereocenters. The second-order valence-electron chi connectivity index (χ2n) is 4.57. The Balaban J connectivity index is 2.47. The van der Waals surface area contributed by atoms with Gasteiger partial charge in [0.2, 0.25) is 16.1 Å². The quantitative estimate of drug-likeness (QED) is 0.743. The van der Waals surface area contributed by atoms with Crippen molar-refractivity contribution in [3.63, 3.8) is 0 Å². The normalized spacial score (nSPS) is 33.3. The van der Waals surface area contributed by atoms with Crippen molar-refractivity contribution in [3.05, 3.63) is 23.8 Å². The van der Waals surface area contributed by atoms with Crippen molar-refractivity contribution in [2.24, 2.45) is 23.0 Å². The van der Waals surface area contributed by atoms with Crippen LogP contribution >= 0.6 is 11.8 Å². The van der Waals surface area contributed by atoms with Gasteiger partial charge in [-0.25, -0.2) is 0 Å². The molecule has 0 radical (unpaired) electrons. The second-order valence-corrected chi connectivity index (χ2v) is 5.58.